The van der Waals surface area contributed by atoms with Gasteiger partial charge in [-0.2, -0.15) is 0 Å². The smallest absolute Gasteiger partial charge is 0.265 e. The molecule has 108 valence electrons. The van der Waals surface area contributed by atoms with Crippen LogP contribution in [0.2, 0.25) is 0 Å². The van der Waals surface area contributed by atoms with Crippen molar-refractivity contribution in [3.8, 4) is 0 Å². The van der Waals surface area contributed by atoms with Crippen molar-refractivity contribution in [1.29, 1.82) is 0 Å². The number of benzene rings is 1. The molecular formula is C17H12IN3O. The maximum Gasteiger partial charge on any atom is 0.265 e. The Hall–Kier alpha value is -2.28. The second-order valence-electron chi connectivity index (χ2n) is 4.52. The van der Waals surface area contributed by atoms with Gasteiger partial charge in [0.1, 0.15) is 11.6 Å². The van der Waals surface area contributed by atoms with Crippen molar-refractivity contribution >= 4 is 40.1 Å². The van der Waals surface area contributed by atoms with Crippen molar-refractivity contribution in [2.75, 3.05) is 4.90 Å². The molecule has 0 spiro atoms. The molecule has 3 aromatic rings. The Labute approximate surface area is 142 Å². The van der Waals surface area contributed by atoms with Crippen LogP contribution in [0, 0.1) is 3.57 Å². The lowest BCUT2D eigenvalue weighted by Crippen LogP contribution is -2.27. The minimum atomic E-state index is -0.159. The van der Waals surface area contributed by atoms with Crippen molar-refractivity contribution in [3.05, 3.63) is 82.2 Å². The fourth-order valence-corrected chi connectivity index (χ4v) is 2.38. The number of halogens is 1. The number of carbonyl (C=O) groups excluding carboxylic acids is 1. The van der Waals surface area contributed by atoms with Gasteiger partial charge in [-0.25, -0.2) is 14.9 Å². The van der Waals surface area contributed by atoms with E-state index >= 15 is 0 Å². The van der Waals surface area contributed by atoms with Gasteiger partial charge in [0.15, 0.2) is 0 Å². The van der Waals surface area contributed by atoms with Gasteiger partial charge >= 0.3 is 0 Å². The van der Waals surface area contributed by atoms with Crippen LogP contribution in [-0.2, 0) is 0 Å². The number of hydrogen-bond acceptors (Lipinski definition) is 3. The van der Waals surface area contributed by atoms with E-state index in [1.807, 2.05) is 48.5 Å². The molecule has 0 aliphatic heterocycles. The summed E-state index contributed by atoms with van der Waals surface area (Å²) in [5.41, 5.74) is 0.594. The highest BCUT2D eigenvalue weighted by atomic mass is 127. The first-order chi connectivity index (χ1) is 10.8. The zero-order valence-corrected chi connectivity index (χ0v) is 13.7. The third kappa shape index (κ3) is 3.14. The summed E-state index contributed by atoms with van der Waals surface area (Å²) >= 11 is 2.21. The molecule has 0 unspecified atom stereocenters. The van der Waals surface area contributed by atoms with Gasteiger partial charge in [-0.15, -0.1) is 0 Å². The van der Waals surface area contributed by atoms with E-state index in [2.05, 4.69) is 32.6 Å². The van der Waals surface area contributed by atoms with Crippen LogP contribution >= 0.6 is 22.6 Å². The third-order valence-electron chi connectivity index (χ3n) is 3.05. The Morgan fingerprint density at radius 2 is 1.36 bits per heavy atom. The van der Waals surface area contributed by atoms with E-state index < -0.39 is 0 Å². The average molecular weight is 401 g/mol. The number of nitrogens with zero attached hydrogens (tertiary/aromatic N) is 3. The summed E-state index contributed by atoms with van der Waals surface area (Å²) < 4.78 is 1.08. The molecule has 0 atom stereocenters. The molecule has 1 aromatic carbocycles. The van der Waals surface area contributed by atoms with Gasteiger partial charge in [0.25, 0.3) is 5.91 Å². The molecule has 0 saturated heterocycles. The highest BCUT2D eigenvalue weighted by molar-refractivity contribution is 14.1. The third-order valence-corrected chi connectivity index (χ3v) is 3.77. The van der Waals surface area contributed by atoms with Crippen molar-refractivity contribution in [3.63, 3.8) is 0 Å². The second kappa shape index (κ2) is 6.65. The van der Waals surface area contributed by atoms with Gasteiger partial charge in [-0.3, -0.25) is 4.79 Å². The lowest BCUT2D eigenvalue weighted by atomic mass is 10.2. The molecule has 0 N–H and O–H groups in total. The Kier molecular flexibility index (Phi) is 4.43. The maximum atomic E-state index is 12.9. The van der Waals surface area contributed by atoms with Crippen LogP contribution in [0.3, 0.4) is 0 Å². The normalized spacial score (nSPS) is 10.2. The molecule has 2 heterocycles. The molecule has 5 heteroatoms. The summed E-state index contributed by atoms with van der Waals surface area (Å²) in [7, 11) is 0. The van der Waals surface area contributed by atoms with E-state index in [4.69, 9.17) is 0 Å². The molecule has 22 heavy (non-hydrogen) atoms. The van der Waals surface area contributed by atoms with Crippen LogP contribution in [-0.4, -0.2) is 15.9 Å². The SMILES string of the molecule is O=C(c1ccc(I)cc1)N(c1ccccn1)c1ccccn1. The summed E-state index contributed by atoms with van der Waals surface area (Å²) in [4.78, 5) is 23.0. The first kappa shape index (κ1) is 14.6. The summed E-state index contributed by atoms with van der Waals surface area (Å²) in [6, 6.07) is 18.3. The Morgan fingerprint density at radius 1 is 0.818 bits per heavy atom. The molecule has 0 saturated carbocycles. The van der Waals surface area contributed by atoms with Crippen LogP contribution in [0.5, 0.6) is 0 Å². The van der Waals surface area contributed by atoms with E-state index in [0.29, 0.717) is 17.2 Å². The summed E-state index contributed by atoms with van der Waals surface area (Å²) in [5, 5.41) is 0. The molecule has 0 aliphatic rings. The standard InChI is InChI=1S/C17H12IN3O/c18-14-9-7-13(8-10-14)17(22)21(15-5-1-3-11-19-15)16-6-2-4-12-20-16/h1-12H. The zero-order valence-electron chi connectivity index (χ0n) is 11.6. The van der Waals surface area contributed by atoms with Gasteiger partial charge in [-0.1, -0.05) is 12.1 Å². The molecule has 3 rings (SSSR count). The minimum absolute atomic E-state index is 0.159. The average Bonchev–Trinajstić information content (AvgIpc) is 2.57. The van der Waals surface area contributed by atoms with Gasteiger partial charge in [-0.05, 0) is 71.1 Å². The van der Waals surface area contributed by atoms with E-state index in [9.17, 15) is 4.79 Å². The lowest BCUT2D eigenvalue weighted by Gasteiger charge is -2.20. The highest BCUT2D eigenvalue weighted by Crippen LogP contribution is 2.23. The Morgan fingerprint density at radius 3 is 1.82 bits per heavy atom. The lowest BCUT2D eigenvalue weighted by molar-refractivity contribution is 0.0998. The van der Waals surface area contributed by atoms with Crippen LogP contribution in [0.25, 0.3) is 0 Å². The van der Waals surface area contributed by atoms with Gasteiger partial charge in [0, 0.05) is 21.5 Å². The van der Waals surface area contributed by atoms with E-state index in [1.54, 1.807) is 24.5 Å². The number of aromatic nitrogens is 2. The fraction of sp³-hybridized carbons (Fsp3) is 0. The highest BCUT2D eigenvalue weighted by Gasteiger charge is 2.21. The number of pyridine rings is 2. The van der Waals surface area contributed by atoms with Crippen molar-refractivity contribution in [2.45, 2.75) is 0 Å². The molecule has 0 radical (unpaired) electrons. The van der Waals surface area contributed by atoms with Crippen molar-refractivity contribution in [2.24, 2.45) is 0 Å². The number of rotatable bonds is 3. The zero-order chi connectivity index (χ0) is 15.4. The second-order valence-corrected chi connectivity index (χ2v) is 5.77. The van der Waals surface area contributed by atoms with Crippen molar-refractivity contribution < 1.29 is 4.79 Å². The molecule has 0 bridgehead atoms. The van der Waals surface area contributed by atoms with Crippen LogP contribution < -0.4 is 4.90 Å². The number of anilines is 2. The van der Waals surface area contributed by atoms with E-state index in [-0.39, 0.29) is 5.91 Å². The first-order valence-electron chi connectivity index (χ1n) is 6.68. The summed E-state index contributed by atoms with van der Waals surface area (Å²) in [6.07, 6.45) is 3.32. The molecule has 1 amide bonds. The topological polar surface area (TPSA) is 46.1 Å². The molecule has 4 nitrogen and oxygen atoms in total. The summed E-state index contributed by atoms with van der Waals surface area (Å²) in [6.45, 7) is 0. The monoisotopic (exact) mass is 401 g/mol. The van der Waals surface area contributed by atoms with Gasteiger partial charge in [0.2, 0.25) is 0 Å². The van der Waals surface area contributed by atoms with Crippen LogP contribution in [0.15, 0.2) is 73.1 Å². The van der Waals surface area contributed by atoms with Crippen LogP contribution in [0.4, 0.5) is 11.6 Å². The first-order valence-corrected chi connectivity index (χ1v) is 7.76. The predicted molar refractivity (Wildman–Crippen MR) is 94.1 cm³/mol. The van der Waals surface area contributed by atoms with E-state index in [1.165, 1.54) is 4.90 Å². The minimum Gasteiger partial charge on any atom is -0.268 e. The molecular weight excluding hydrogens is 389 g/mol. The number of amides is 1. The predicted octanol–water partition coefficient (Wildman–Crippen LogP) is 4.06. The van der Waals surface area contributed by atoms with Crippen molar-refractivity contribution in [1.82, 2.24) is 9.97 Å². The maximum absolute atomic E-state index is 12.9. The van der Waals surface area contributed by atoms with Crippen LogP contribution in [0.1, 0.15) is 10.4 Å². The summed E-state index contributed by atoms with van der Waals surface area (Å²) in [5.74, 6) is 0.934. The Balaban J connectivity index is 2.06. The Bertz CT molecular complexity index is 721. The number of carbonyl (C=O) groups is 1. The largest absolute Gasteiger partial charge is 0.268 e. The quantitative estimate of drug-likeness (QED) is 0.622. The van der Waals surface area contributed by atoms with Gasteiger partial charge in [0.05, 0.1) is 0 Å². The number of hydrogen-bond donors (Lipinski definition) is 0. The molecule has 2 aromatic heterocycles. The van der Waals surface area contributed by atoms with Gasteiger partial charge < -0.3 is 0 Å². The molecule has 0 aliphatic carbocycles. The van der Waals surface area contributed by atoms with E-state index in [0.717, 1.165) is 3.57 Å². The fourth-order valence-electron chi connectivity index (χ4n) is 2.02. The molecule has 0 fully saturated rings.